The van der Waals surface area contributed by atoms with Crippen molar-refractivity contribution in [3.8, 4) is 0 Å². The van der Waals surface area contributed by atoms with Crippen LogP contribution in [0.15, 0.2) is 24.3 Å². The summed E-state index contributed by atoms with van der Waals surface area (Å²) in [5.41, 5.74) is 0.488. The molecule has 1 aromatic rings. The number of urea groups is 1. The molecule has 1 aromatic carbocycles. The summed E-state index contributed by atoms with van der Waals surface area (Å²) in [6.45, 7) is 1.11. The number of ether oxygens (including phenoxy) is 1. The van der Waals surface area contributed by atoms with Crippen molar-refractivity contribution in [1.29, 1.82) is 0 Å². The molecule has 1 N–H and O–H groups in total. The Morgan fingerprint density at radius 3 is 2.60 bits per heavy atom. The van der Waals surface area contributed by atoms with Crippen molar-refractivity contribution in [3.63, 3.8) is 0 Å². The normalized spacial score (nSPS) is 21.6. The van der Waals surface area contributed by atoms with Gasteiger partial charge in [-0.25, -0.2) is 9.59 Å². The molecule has 2 fully saturated rings. The molecular weight excluding hydrogens is 420 g/mol. The Labute approximate surface area is 173 Å². The standard InChI is InChI=1S/C17H22N4O8S/c1-30(26,27)29-15-8-14(9-19-7-6-18-16(19)22)20(10-15)17(23)28-11-12-2-4-13(5-3-12)21(24)25/h2-5,14-15H,6-11H2,1H3,(H,18,22)/t14-,15+/m0/s1. The van der Waals surface area contributed by atoms with Crippen molar-refractivity contribution in [2.24, 2.45) is 0 Å². The lowest BCUT2D eigenvalue weighted by Gasteiger charge is -2.27. The number of nitro groups is 1. The van der Waals surface area contributed by atoms with Crippen LogP contribution in [0, 0.1) is 10.1 Å². The minimum atomic E-state index is -3.71. The summed E-state index contributed by atoms with van der Waals surface area (Å²) in [6.07, 6.45) is -0.241. The van der Waals surface area contributed by atoms with E-state index in [4.69, 9.17) is 8.92 Å². The molecule has 0 aliphatic carbocycles. The van der Waals surface area contributed by atoms with Crippen LogP contribution >= 0.6 is 0 Å². The number of nitrogens with one attached hydrogen (secondary N) is 1. The van der Waals surface area contributed by atoms with E-state index in [9.17, 15) is 28.1 Å². The predicted octanol–water partition coefficient (Wildman–Crippen LogP) is 0.676. The van der Waals surface area contributed by atoms with Crippen LogP contribution in [0.3, 0.4) is 0 Å². The Morgan fingerprint density at radius 1 is 1.33 bits per heavy atom. The summed E-state index contributed by atoms with van der Waals surface area (Å²) in [5.74, 6) is 0. The highest BCUT2D eigenvalue weighted by Crippen LogP contribution is 2.24. The lowest BCUT2D eigenvalue weighted by molar-refractivity contribution is -0.384. The van der Waals surface area contributed by atoms with Crippen LogP contribution in [0.25, 0.3) is 0 Å². The van der Waals surface area contributed by atoms with Gasteiger partial charge < -0.3 is 19.9 Å². The molecule has 2 heterocycles. The maximum Gasteiger partial charge on any atom is 0.410 e. The van der Waals surface area contributed by atoms with E-state index in [0.29, 0.717) is 18.7 Å². The van der Waals surface area contributed by atoms with Gasteiger partial charge in [-0.3, -0.25) is 14.3 Å². The molecule has 3 amide bonds. The monoisotopic (exact) mass is 442 g/mol. The number of amides is 3. The highest BCUT2D eigenvalue weighted by atomic mass is 32.2. The van der Waals surface area contributed by atoms with Gasteiger partial charge >= 0.3 is 12.1 Å². The van der Waals surface area contributed by atoms with Gasteiger partial charge in [-0.05, 0) is 24.1 Å². The van der Waals surface area contributed by atoms with Gasteiger partial charge in [-0.1, -0.05) is 0 Å². The van der Waals surface area contributed by atoms with E-state index in [1.165, 1.54) is 29.2 Å². The SMILES string of the molecule is CS(=O)(=O)O[C@@H]1C[C@@H](CN2CCNC2=O)N(C(=O)OCc2ccc([N+](=O)[O-])cc2)C1. The van der Waals surface area contributed by atoms with Gasteiger partial charge in [0.15, 0.2) is 0 Å². The van der Waals surface area contributed by atoms with Gasteiger partial charge in [0.25, 0.3) is 15.8 Å². The smallest absolute Gasteiger partial charge is 0.410 e. The number of hydrogen-bond donors (Lipinski definition) is 1. The van der Waals surface area contributed by atoms with Gasteiger partial charge in [-0.2, -0.15) is 8.42 Å². The topological polar surface area (TPSA) is 148 Å². The molecule has 3 rings (SSSR count). The second-order valence-corrected chi connectivity index (χ2v) is 8.72. The molecule has 2 aliphatic heterocycles. The largest absolute Gasteiger partial charge is 0.445 e. The Kier molecular flexibility index (Phi) is 6.41. The third-order valence-corrected chi connectivity index (χ3v) is 5.43. The van der Waals surface area contributed by atoms with Gasteiger partial charge in [0, 0.05) is 31.8 Å². The fourth-order valence-electron chi connectivity index (χ4n) is 3.47. The number of rotatable bonds is 7. The molecule has 0 radical (unpaired) electrons. The highest BCUT2D eigenvalue weighted by molar-refractivity contribution is 7.86. The van der Waals surface area contributed by atoms with E-state index >= 15 is 0 Å². The van der Waals surface area contributed by atoms with Crippen LogP contribution in [-0.2, 0) is 25.6 Å². The number of likely N-dealkylation sites (tertiary alicyclic amines) is 1. The van der Waals surface area contributed by atoms with Crippen molar-refractivity contribution in [3.05, 3.63) is 39.9 Å². The summed E-state index contributed by atoms with van der Waals surface area (Å²) in [7, 11) is -3.71. The summed E-state index contributed by atoms with van der Waals surface area (Å²) in [5, 5.41) is 13.4. The summed E-state index contributed by atoms with van der Waals surface area (Å²) in [6, 6.07) is 4.87. The Balaban J connectivity index is 1.64. The van der Waals surface area contributed by atoms with Crippen LogP contribution in [0.4, 0.5) is 15.3 Å². The number of nitro benzene ring substituents is 1. The van der Waals surface area contributed by atoms with Gasteiger partial charge in [0.2, 0.25) is 0 Å². The van der Waals surface area contributed by atoms with Crippen LogP contribution in [-0.4, -0.2) is 79.8 Å². The number of non-ortho nitro benzene ring substituents is 1. The van der Waals surface area contributed by atoms with E-state index in [0.717, 1.165) is 6.26 Å². The third-order valence-electron chi connectivity index (χ3n) is 4.81. The average molecular weight is 442 g/mol. The van der Waals surface area contributed by atoms with Crippen molar-refractivity contribution < 1.29 is 31.9 Å². The Hall–Kier alpha value is -2.93. The summed E-state index contributed by atoms with van der Waals surface area (Å²) in [4.78, 5) is 37.6. The van der Waals surface area contributed by atoms with Gasteiger partial charge in [0.1, 0.15) is 6.61 Å². The average Bonchev–Trinajstić information content (AvgIpc) is 3.25. The van der Waals surface area contributed by atoms with Crippen LogP contribution < -0.4 is 5.32 Å². The number of carbonyl (C=O) groups is 2. The second kappa shape index (κ2) is 8.83. The number of carbonyl (C=O) groups excluding carboxylic acids is 2. The molecule has 2 saturated heterocycles. The van der Waals surface area contributed by atoms with Crippen molar-refractivity contribution >= 4 is 27.9 Å². The molecule has 2 aliphatic rings. The summed E-state index contributed by atoms with van der Waals surface area (Å²) >= 11 is 0. The Morgan fingerprint density at radius 2 is 2.03 bits per heavy atom. The molecular formula is C17H22N4O8S. The molecule has 12 nitrogen and oxygen atoms in total. The van der Waals surface area contributed by atoms with Crippen LogP contribution in [0.2, 0.25) is 0 Å². The predicted molar refractivity (Wildman–Crippen MR) is 103 cm³/mol. The van der Waals surface area contributed by atoms with E-state index in [1.54, 1.807) is 4.90 Å². The zero-order valence-corrected chi connectivity index (χ0v) is 17.0. The van der Waals surface area contributed by atoms with E-state index in [-0.39, 0.29) is 37.8 Å². The van der Waals surface area contributed by atoms with Crippen LogP contribution in [0.1, 0.15) is 12.0 Å². The molecule has 0 unspecified atom stereocenters. The second-order valence-electron chi connectivity index (χ2n) is 7.12. The maximum atomic E-state index is 12.6. The number of benzene rings is 1. The van der Waals surface area contributed by atoms with Gasteiger partial charge in [0.05, 0.1) is 29.9 Å². The molecule has 164 valence electrons. The fourth-order valence-corrected chi connectivity index (χ4v) is 4.10. The van der Waals surface area contributed by atoms with Crippen molar-refractivity contribution in [2.75, 3.05) is 32.4 Å². The molecule has 2 atom stereocenters. The maximum absolute atomic E-state index is 12.6. The van der Waals surface area contributed by atoms with E-state index in [2.05, 4.69) is 5.32 Å². The zero-order valence-electron chi connectivity index (χ0n) is 16.2. The molecule has 0 bridgehead atoms. The van der Waals surface area contributed by atoms with E-state index in [1.807, 2.05) is 0 Å². The molecule has 0 aromatic heterocycles. The molecule has 0 saturated carbocycles. The highest BCUT2D eigenvalue weighted by Gasteiger charge is 2.40. The number of hydrogen-bond acceptors (Lipinski definition) is 8. The lowest BCUT2D eigenvalue weighted by Crippen LogP contribution is -2.44. The fraction of sp³-hybridized carbons (Fsp3) is 0.529. The first-order valence-corrected chi connectivity index (χ1v) is 11.0. The summed E-state index contributed by atoms with van der Waals surface area (Å²) < 4.78 is 33.3. The minimum absolute atomic E-state index is 0.00624. The first kappa shape index (κ1) is 21.8. The lowest BCUT2D eigenvalue weighted by atomic mass is 10.2. The minimum Gasteiger partial charge on any atom is -0.445 e. The van der Waals surface area contributed by atoms with Crippen molar-refractivity contribution in [1.82, 2.24) is 15.1 Å². The van der Waals surface area contributed by atoms with Crippen molar-refractivity contribution in [2.45, 2.75) is 25.2 Å². The van der Waals surface area contributed by atoms with Gasteiger partial charge in [-0.15, -0.1) is 0 Å². The third kappa shape index (κ3) is 5.57. The molecule has 30 heavy (non-hydrogen) atoms. The first-order valence-electron chi connectivity index (χ1n) is 9.20. The molecule has 0 spiro atoms. The first-order chi connectivity index (χ1) is 14.1. The quantitative estimate of drug-likeness (QED) is 0.368. The Bertz CT molecular complexity index is 920. The molecule has 13 heteroatoms. The number of nitrogens with zero attached hydrogens (tertiary/aromatic N) is 3. The zero-order chi connectivity index (χ0) is 21.9. The van der Waals surface area contributed by atoms with E-state index < -0.39 is 33.3 Å². The van der Waals surface area contributed by atoms with Crippen LogP contribution in [0.5, 0.6) is 0 Å².